The topological polar surface area (TPSA) is 0 Å². The second kappa shape index (κ2) is 15.7. The van der Waals surface area contributed by atoms with Gasteiger partial charge in [-0.05, 0) is 0 Å². The van der Waals surface area contributed by atoms with Crippen molar-refractivity contribution in [3.63, 3.8) is 0 Å². The van der Waals surface area contributed by atoms with Crippen LogP contribution in [0.15, 0.2) is 0 Å². The molecule has 0 aromatic rings. The first-order valence-electron chi connectivity index (χ1n) is 1.73. The number of rotatable bonds is 0. The molecule has 0 atom stereocenters. The van der Waals surface area contributed by atoms with E-state index in [-0.39, 0.29) is 46.0 Å². The molecular formula is C3H13Cl3Si. The smallest absolute Gasteiger partial charge is 0.0274 e. The molecule has 0 bridgehead atoms. The number of hydrogen-bond acceptors (Lipinski definition) is 0. The minimum absolute atomic E-state index is 0. The lowest BCUT2D eigenvalue weighted by Crippen LogP contribution is -1.84. The van der Waals surface area contributed by atoms with E-state index in [0.717, 1.165) is 0 Å². The lowest BCUT2D eigenvalue weighted by molar-refractivity contribution is 1.91. The maximum atomic E-state index is 2.31. The van der Waals surface area contributed by atoms with E-state index in [9.17, 15) is 0 Å². The molecule has 0 nitrogen and oxygen atoms in total. The van der Waals surface area contributed by atoms with Gasteiger partial charge in [0.05, 0.1) is 0 Å². The average molecular weight is 184 g/mol. The third kappa shape index (κ3) is 155. The molecule has 0 unspecified atom stereocenters. The lowest BCUT2D eigenvalue weighted by Gasteiger charge is -1.75. The van der Waals surface area contributed by atoms with Crippen LogP contribution in [0.2, 0.25) is 19.6 Å². The summed E-state index contributed by atoms with van der Waals surface area (Å²) < 4.78 is 0. The molecular weight excluding hydrogens is 170 g/mol. The Balaban J connectivity index is -0.0000000150. The Morgan fingerprint density at radius 1 is 0.714 bits per heavy atom. The van der Waals surface area contributed by atoms with Crippen molar-refractivity contribution in [2.45, 2.75) is 19.6 Å². The fourth-order valence-electron chi connectivity index (χ4n) is 0. The summed E-state index contributed by atoms with van der Waals surface area (Å²) in [6.45, 7) is 6.92. The summed E-state index contributed by atoms with van der Waals surface area (Å²) in [5, 5.41) is 0. The van der Waals surface area contributed by atoms with Crippen LogP contribution in [0.3, 0.4) is 0 Å². The van der Waals surface area contributed by atoms with Crippen molar-refractivity contribution in [1.82, 2.24) is 0 Å². The predicted molar refractivity (Wildman–Crippen MR) is 46.5 cm³/mol. The molecule has 0 spiro atoms. The van der Waals surface area contributed by atoms with Crippen LogP contribution in [-0.4, -0.2) is 8.80 Å². The van der Waals surface area contributed by atoms with Gasteiger partial charge in [0.2, 0.25) is 0 Å². The van der Waals surface area contributed by atoms with Gasteiger partial charge in [-0.25, -0.2) is 0 Å². The fourth-order valence-corrected chi connectivity index (χ4v) is 0. The highest BCUT2D eigenvalue weighted by molar-refractivity contribution is 6.54. The third-order valence-corrected chi connectivity index (χ3v) is 0. The molecule has 7 heavy (non-hydrogen) atoms. The van der Waals surface area contributed by atoms with Crippen molar-refractivity contribution in [2.75, 3.05) is 0 Å². The van der Waals surface area contributed by atoms with Crippen molar-refractivity contribution in [3.8, 4) is 0 Å². The molecule has 0 aliphatic carbocycles. The zero-order valence-corrected chi connectivity index (χ0v) is 8.41. The van der Waals surface area contributed by atoms with Crippen LogP contribution in [0.4, 0.5) is 0 Å². The Morgan fingerprint density at radius 2 is 0.714 bits per heavy atom. The van der Waals surface area contributed by atoms with E-state index in [4.69, 9.17) is 0 Å². The highest BCUT2D eigenvalue weighted by Gasteiger charge is 1.71. The first-order chi connectivity index (χ1) is 1.73. The van der Waals surface area contributed by atoms with Crippen LogP contribution >= 0.6 is 37.2 Å². The molecule has 0 rings (SSSR count). The molecule has 0 aromatic carbocycles. The largest absolute Gasteiger partial charge is 0.147 e. The summed E-state index contributed by atoms with van der Waals surface area (Å²) >= 11 is 0. The summed E-state index contributed by atoms with van der Waals surface area (Å²) in [5.74, 6) is 0. The van der Waals surface area contributed by atoms with Crippen LogP contribution in [0.1, 0.15) is 0 Å². The molecule has 0 N–H and O–H groups in total. The van der Waals surface area contributed by atoms with Gasteiger partial charge in [-0.2, -0.15) is 0 Å². The van der Waals surface area contributed by atoms with Crippen LogP contribution in [-0.2, 0) is 0 Å². The van der Waals surface area contributed by atoms with Gasteiger partial charge in [0.15, 0.2) is 0 Å². The number of halogens is 3. The SMILES string of the molecule is C[SiH](C)C.Cl.Cl.Cl. The first kappa shape index (κ1) is 24.3. The molecule has 0 aromatic heterocycles. The van der Waals surface area contributed by atoms with Gasteiger partial charge in [0, 0.05) is 8.80 Å². The van der Waals surface area contributed by atoms with Gasteiger partial charge < -0.3 is 0 Å². The number of hydrogen-bond donors (Lipinski definition) is 0. The Labute approximate surface area is 65.9 Å². The summed E-state index contributed by atoms with van der Waals surface area (Å²) in [6.07, 6.45) is 0. The van der Waals surface area contributed by atoms with Crippen molar-refractivity contribution >= 4 is 46.0 Å². The molecule has 0 amide bonds. The van der Waals surface area contributed by atoms with Crippen LogP contribution in [0.5, 0.6) is 0 Å². The van der Waals surface area contributed by atoms with Crippen LogP contribution < -0.4 is 0 Å². The van der Waals surface area contributed by atoms with E-state index in [1.807, 2.05) is 0 Å². The molecule has 0 aliphatic heterocycles. The molecule has 0 fully saturated rings. The van der Waals surface area contributed by atoms with Gasteiger partial charge >= 0.3 is 0 Å². The summed E-state index contributed by atoms with van der Waals surface area (Å²) in [5.41, 5.74) is 0. The molecule has 0 heterocycles. The minimum Gasteiger partial charge on any atom is -0.147 e. The van der Waals surface area contributed by atoms with E-state index >= 15 is 0 Å². The van der Waals surface area contributed by atoms with Crippen LogP contribution in [0.25, 0.3) is 0 Å². The zero-order valence-electron chi connectivity index (χ0n) is 4.80. The van der Waals surface area contributed by atoms with E-state index in [2.05, 4.69) is 19.6 Å². The van der Waals surface area contributed by atoms with Crippen LogP contribution in [0, 0.1) is 0 Å². The third-order valence-electron chi connectivity index (χ3n) is 0. The molecule has 0 aliphatic rings. The highest BCUT2D eigenvalue weighted by Crippen LogP contribution is 1.68. The Morgan fingerprint density at radius 3 is 0.714 bits per heavy atom. The van der Waals surface area contributed by atoms with Gasteiger partial charge in [0.25, 0.3) is 0 Å². The summed E-state index contributed by atoms with van der Waals surface area (Å²) in [6, 6.07) is 0. The van der Waals surface area contributed by atoms with Gasteiger partial charge in [-0.1, -0.05) is 19.6 Å². The molecule has 0 saturated heterocycles. The second-order valence-electron chi connectivity index (χ2n) is 1.73. The quantitative estimate of drug-likeness (QED) is 0.506. The van der Waals surface area contributed by atoms with Gasteiger partial charge in [-0.15, -0.1) is 37.2 Å². The molecule has 50 valence electrons. The first-order valence-corrected chi connectivity index (χ1v) is 5.20. The standard InChI is InChI=1S/C3H10Si.3ClH/c1-4(2)3;;;/h4H,1-3H3;3*1H. The fraction of sp³-hybridized carbons (Fsp3) is 1.00. The monoisotopic (exact) mass is 182 g/mol. The maximum absolute atomic E-state index is 2.31. The zero-order chi connectivity index (χ0) is 3.58. The molecule has 0 radical (unpaired) electrons. The maximum Gasteiger partial charge on any atom is 0.0274 e. The molecule has 4 heteroatoms. The lowest BCUT2D eigenvalue weighted by atomic mass is 11.8. The predicted octanol–water partition coefficient (Wildman–Crippen LogP) is 2.37. The Hall–Kier alpha value is 1.09. The summed E-state index contributed by atoms with van der Waals surface area (Å²) in [4.78, 5) is 0. The van der Waals surface area contributed by atoms with Gasteiger partial charge in [-0.3, -0.25) is 0 Å². The van der Waals surface area contributed by atoms with E-state index < -0.39 is 0 Å². The normalized spacial score (nSPS) is 5.14. The average Bonchev–Trinajstić information content (AvgIpc) is 0.811. The Kier molecular flexibility index (Phi) is 54.6. The van der Waals surface area contributed by atoms with Gasteiger partial charge in [0.1, 0.15) is 0 Å². The van der Waals surface area contributed by atoms with E-state index in [1.165, 1.54) is 0 Å². The van der Waals surface area contributed by atoms with Crippen molar-refractivity contribution in [1.29, 1.82) is 0 Å². The van der Waals surface area contributed by atoms with E-state index in [0.29, 0.717) is 0 Å². The highest BCUT2D eigenvalue weighted by atomic mass is 35.5. The minimum atomic E-state index is -0.139. The summed E-state index contributed by atoms with van der Waals surface area (Å²) in [7, 11) is -0.139. The second-order valence-corrected chi connectivity index (χ2v) is 5.20. The van der Waals surface area contributed by atoms with Crippen molar-refractivity contribution in [3.05, 3.63) is 0 Å². The van der Waals surface area contributed by atoms with Crippen molar-refractivity contribution < 1.29 is 0 Å². The molecule has 0 saturated carbocycles. The van der Waals surface area contributed by atoms with E-state index in [1.54, 1.807) is 0 Å². The Bertz CT molecular complexity index is 14.9. The van der Waals surface area contributed by atoms with Crippen molar-refractivity contribution in [2.24, 2.45) is 0 Å².